The van der Waals surface area contributed by atoms with Crippen LogP contribution in [0.2, 0.25) is 0 Å². The minimum atomic E-state index is 0.116. The largest absolute Gasteiger partial charge is 0.294 e. The molecule has 0 radical (unpaired) electrons. The van der Waals surface area contributed by atoms with Crippen LogP contribution in [0.3, 0.4) is 0 Å². The number of aryl methyl sites for hydroxylation is 2. The molecule has 17 heavy (non-hydrogen) atoms. The van der Waals surface area contributed by atoms with Gasteiger partial charge in [-0.15, -0.1) is 0 Å². The van der Waals surface area contributed by atoms with Gasteiger partial charge in [0, 0.05) is 35.8 Å². The molecule has 2 aromatic rings. The number of rotatable bonds is 3. The molecule has 0 saturated heterocycles. The number of carbonyl (C=O) groups is 1. The second-order valence-electron chi connectivity index (χ2n) is 4.09. The van der Waals surface area contributed by atoms with E-state index in [1.807, 2.05) is 38.1 Å². The van der Waals surface area contributed by atoms with E-state index in [2.05, 4.69) is 9.97 Å². The van der Waals surface area contributed by atoms with E-state index in [-0.39, 0.29) is 5.78 Å². The zero-order valence-electron chi connectivity index (χ0n) is 9.97. The molecular formula is C14H14N2O. The standard InChI is InChI=1S/C14H14N2O/c1-10-7-13(8-11(2)16-10)14(17)9-12-3-5-15-6-4-12/h3-8H,9H2,1-2H3. The Balaban J connectivity index is 2.20. The Labute approximate surface area is 101 Å². The summed E-state index contributed by atoms with van der Waals surface area (Å²) in [5.74, 6) is 0.116. The number of aromatic nitrogens is 2. The molecule has 0 amide bonds. The van der Waals surface area contributed by atoms with Crippen LogP contribution in [0.1, 0.15) is 27.3 Å². The van der Waals surface area contributed by atoms with E-state index < -0.39 is 0 Å². The summed E-state index contributed by atoms with van der Waals surface area (Å²) in [6, 6.07) is 7.38. The van der Waals surface area contributed by atoms with Gasteiger partial charge in [0.05, 0.1) is 0 Å². The van der Waals surface area contributed by atoms with Crippen molar-refractivity contribution in [2.24, 2.45) is 0 Å². The Morgan fingerprint density at radius 1 is 1.12 bits per heavy atom. The highest BCUT2D eigenvalue weighted by Gasteiger charge is 2.08. The molecule has 2 heterocycles. The van der Waals surface area contributed by atoms with Crippen molar-refractivity contribution in [2.45, 2.75) is 20.3 Å². The first-order chi connectivity index (χ1) is 8.15. The van der Waals surface area contributed by atoms with Crippen LogP contribution in [-0.4, -0.2) is 15.8 Å². The summed E-state index contributed by atoms with van der Waals surface area (Å²) in [6.07, 6.45) is 3.81. The summed E-state index contributed by atoms with van der Waals surface area (Å²) >= 11 is 0. The molecule has 0 aromatic carbocycles. The molecule has 0 bridgehead atoms. The fourth-order valence-electron chi connectivity index (χ4n) is 1.78. The van der Waals surface area contributed by atoms with Crippen molar-refractivity contribution in [3.05, 3.63) is 59.2 Å². The molecule has 0 aliphatic rings. The lowest BCUT2D eigenvalue weighted by atomic mass is 10.0. The van der Waals surface area contributed by atoms with Gasteiger partial charge in [0.2, 0.25) is 0 Å². The fraction of sp³-hybridized carbons (Fsp3) is 0.214. The number of carbonyl (C=O) groups excluding carboxylic acids is 1. The Morgan fingerprint density at radius 2 is 1.71 bits per heavy atom. The van der Waals surface area contributed by atoms with Crippen LogP contribution in [-0.2, 0) is 6.42 Å². The molecule has 0 N–H and O–H groups in total. The van der Waals surface area contributed by atoms with E-state index in [1.54, 1.807) is 12.4 Å². The second kappa shape index (κ2) is 4.87. The normalized spacial score (nSPS) is 10.2. The molecule has 0 fully saturated rings. The van der Waals surface area contributed by atoms with Gasteiger partial charge in [-0.3, -0.25) is 14.8 Å². The number of ketones is 1. The molecule has 0 saturated carbocycles. The minimum Gasteiger partial charge on any atom is -0.294 e. The monoisotopic (exact) mass is 226 g/mol. The van der Waals surface area contributed by atoms with Crippen molar-refractivity contribution in [1.82, 2.24) is 9.97 Å². The van der Waals surface area contributed by atoms with Crippen LogP contribution >= 0.6 is 0 Å². The number of hydrogen-bond acceptors (Lipinski definition) is 3. The molecule has 3 heteroatoms. The van der Waals surface area contributed by atoms with Gasteiger partial charge < -0.3 is 0 Å². The van der Waals surface area contributed by atoms with Crippen LogP contribution in [0.15, 0.2) is 36.7 Å². The quantitative estimate of drug-likeness (QED) is 0.755. The molecule has 86 valence electrons. The summed E-state index contributed by atoms with van der Waals surface area (Å²) in [5.41, 5.74) is 3.47. The number of pyridine rings is 2. The molecular weight excluding hydrogens is 212 g/mol. The molecule has 0 atom stereocenters. The Kier molecular flexibility index (Phi) is 3.28. The fourth-order valence-corrected chi connectivity index (χ4v) is 1.78. The van der Waals surface area contributed by atoms with E-state index >= 15 is 0 Å². The summed E-state index contributed by atoms with van der Waals surface area (Å²) in [5, 5.41) is 0. The zero-order valence-corrected chi connectivity index (χ0v) is 9.97. The third-order valence-electron chi connectivity index (χ3n) is 2.52. The van der Waals surface area contributed by atoms with E-state index in [1.165, 1.54) is 0 Å². The van der Waals surface area contributed by atoms with Crippen LogP contribution < -0.4 is 0 Å². The predicted molar refractivity (Wildman–Crippen MR) is 66.0 cm³/mol. The molecule has 2 aromatic heterocycles. The Morgan fingerprint density at radius 3 is 2.29 bits per heavy atom. The minimum absolute atomic E-state index is 0.116. The molecule has 0 aliphatic carbocycles. The van der Waals surface area contributed by atoms with Gasteiger partial charge in [-0.2, -0.15) is 0 Å². The van der Waals surface area contributed by atoms with Crippen LogP contribution in [0.5, 0.6) is 0 Å². The topological polar surface area (TPSA) is 42.9 Å². The summed E-state index contributed by atoms with van der Waals surface area (Å²) in [7, 11) is 0. The van der Waals surface area contributed by atoms with Gasteiger partial charge in [0.15, 0.2) is 5.78 Å². The van der Waals surface area contributed by atoms with Crippen molar-refractivity contribution in [1.29, 1.82) is 0 Å². The summed E-state index contributed by atoms with van der Waals surface area (Å²) in [4.78, 5) is 20.3. The molecule has 0 aliphatic heterocycles. The van der Waals surface area contributed by atoms with Crippen molar-refractivity contribution in [2.75, 3.05) is 0 Å². The molecule has 0 spiro atoms. The zero-order chi connectivity index (χ0) is 12.3. The van der Waals surface area contributed by atoms with Crippen LogP contribution in [0, 0.1) is 13.8 Å². The Hall–Kier alpha value is -2.03. The average molecular weight is 226 g/mol. The van der Waals surface area contributed by atoms with Gasteiger partial charge in [-0.1, -0.05) is 0 Å². The van der Waals surface area contributed by atoms with Crippen LogP contribution in [0.4, 0.5) is 0 Å². The van der Waals surface area contributed by atoms with E-state index in [0.29, 0.717) is 6.42 Å². The maximum atomic E-state index is 12.1. The van der Waals surface area contributed by atoms with Crippen molar-refractivity contribution in [3.63, 3.8) is 0 Å². The summed E-state index contributed by atoms with van der Waals surface area (Å²) < 4.78 is 0. The maximum Gasteiger partial charge on any atom is 0.167 e. The summed E-state index contributed by atoms with van der Waals surface area (Å²) in [6.45, 7) is 3.80. The molecule has 2 rings (SSSR count). The smallest absolute Gasteiger partial charge is 0.167 e. The van der Waals surface area contributed by atoms with Crippen LogP contribution in [0.25, 0.3) is 0 Å². The third-order valence-corrected chi connectivity index (χ3v) is 2.52. The lowest BCUT2D eigenvalue weighted by molar-refractivity contribution is 0.0992. The van der Waals surface area contributed by atoms with Gasteiger partial charge in [0.25, 0.3) is 0 Å². The van der Waals surface area contributed by atoms with E-state index in [4.69, 9.17) is 0 Å². The Bertz CT molecular complexity index is 515. The maximum absolute atomic E-state index is 12.1. The van der Waals surface area contributed by atoms with Gasteiger partial charge >= 0.3 is 0 Å². The molecule has 3 nitrogen and oxygen atoms in total. The lowest BCUT2D eigenvalue weighted by Crippen LogP contribution is -2.05. The first kappa shape index (κ1) is 11.5. The van der Waals surface area contributed by atoms with Crippen molar-refractivity contribution >= 4 is 5.78 Å². The molecule has 0 unspecified atom stereocenters. The first-order valence-corrected chi connectivity index (χ1v) is 5.52. The highest BCUT2D eigenvalue weighted by Crippen LogP contribution is 2.09. The SMILES string of the molecule is Cc1cc(C(=O)Cc2ccncc2)cc(C)n1. The number of hydrogen-bond donors (Lipinski definition) is 0. The predicted octanol–water partition coefficient (Wildman–Crippen LogP) is 2.52. The van der Waals surface area contributed by atoms with Crippen molar-refractivity contribution < 1.29 is 4.79 Å². The average Bonchev–Trinajstić information content (AvgIpc) is 2.29. The number of nitrogens with zero attached hydrogens (tertiary/aromatic N) is 2. The first-order valence-electron chi connectivity index (χ1n) is 5.52. The van der Waals surface area contributed by atoms with Gasteiger partial charge in [0.1, 0.15) is 0 Å². The van der Waals surface area contributed by atoms with Gasteiger partial charge in [-0.25, -0.2) is 0 Å². The lowest BCUT2D eigenvalue weighted by Gasteiger charge is -2.03. The third kappa shape index (κ3) is 2.97. The number of Topliss-reactive ketones (excluding diaryl/α,β-unsaturated/α-hetero) is 1. The highest BCUT2D eigenvalue weighted by molar-refractivity contribution is 5.97. The highest BCUT2D eigenvalue weighted by atomic mass is 16.1. The van der Waals surface area contributed by atoms with E-state index in [0.717, 1.165) is 22.5 Å². The van der Waals surface area contributed by atoms with E-state index in [9.17, 15) is 4.79 Å². The second-order valence-corrected chi connectivity index (χ2v) is 4.09. The van der Waals surface area contributed by atoms with Crippen molar-refractivity contribution in [3.8, 4) is 0 Å². The van der Waals surface area contributed by atoms with Gasteiger partial charge in [-0.05, 0) is 43.7 Å².